The Morgan fingerprint density at radius 3 is 2.45 bits per heavy atom. The minimum absolute atomic E-state index is 0.0201. The van der Waals surface area contributed by atoms with Gasteiger partial charge in [-0.3, -0.25) is 0 Å². The highest BCUT2D eigenvalue weighted by molar-refractivity contribution is 7.89. The van der Waals surface area contributed by atoms with Crippen LogP contribution >= 0.6 is 0 Å². The molecule has 0 saturated carbocycles. The van der Waals surface area contributed by atoms with E-state index in [1.807, 2.05) is 13.8 Å². The summed E-state index contributed by atoms with van der Waals surface area (Å²) in [5.74, 6) is -0.428. The van der Waals surface area contributed by atoms with E-state index in [-0.39, 0.29) is 17.4 Å². The molecule has 0 radical (unpaired) electrons. The zero-order valence-corrected chi connectivity index (χ0v) is 12.3. The lowest BCUT2D eigenvalue weighted by Crippen LogP contribution is -2.54. The average molecular weight is 302 g/mol. The van der Waals surface area contributed by atoms with Crippen LogP contribution in [0.15, 0.2) is 23.2 Å². The van der Waals surface area contributed by atoms with Crippen molar-refractivity contribution in [3.05, 3.63) is 28.4 Å². The SMILES string of the molecule is CC(C)C(C)(CN)NS(=O)(=O)c1ccc([N+](=O)[O-])nc1. The number of pyridine rings is 1. The summed E-state index contributed by atoms with van der Waals surface area (Å²) in [6, 6.07) is 2.19. The summed E-state index contributed by atoms with van der Waals surface area (Å²) in [4.78, 5) is 13.2. The quantitative estimate of drug-likeness (QED) is 0.586. The first kappa shape index (κ1) is 16.5. The molecular weight excluding hydrogens is 284 g/mol. The first-order chi connectivity index (χ1) is 9.12. The fourth-order valence-corrected chi connectivity index (χ4v) is 2.89. The Morgan fingerprint density at radius 2 is 2.10 bits per heavy atom. The predicted octanol–water partition coefficient (Wildman–Crippen LogP) is 0.641. The molecule has 1 heterocycles. The van der Waals surface area contributed by atoms with Gasteiger partial charge in [0.1, 0.15) is 4.90 Å². The van der Waals surface area contributed by atoms with Gasteiger partial charge < -0.3 is 15.8 Å². The number of nitro groups is 1. The molecule has 9 heteroatoms. The maximum atomic E-state index is 12.2. The van der Waals surface area contributed by atoms with E-state index in [1.54, 1.807) is 6.92 Å². The molecule has 0 bridgehead atoms. The Bertz CT molecular complexity index is 585. The van der Waals surface area contributed by atoms with Crippen molar-refractivity contribution in [3.8, 4) is 0 Å². The molecule has 0 amide bonds. The lowest BCUT2D eigenvalue weighted by Gasteiger charge is -2.32. The number of nitrogens with zero attached hydrogens (tertiary/aromatic N) is 2. The van der Waals surface area contributed by atoms with Crippen LogP contribution in [0.5, 0.6) is 0 Å². The van der Waals surface area contributed by atoms with E-state index in [4.69, 9.17) is 5.73 Å². The van der Waals surface area contributed by atoms with E-state index in [2.05, 4.69) is 9.71 Å². The molecule has 112 valence electrons. The van der Waals surface area contributed by atoms with E-state index in [0.29, 0.717) is 0 Å². The molecule has 1 rings (SSSR count). The summed E-state index contributed by atoms with van der Waals surface area (Å²) in [5.41, 5.74) is 4.82. The largest absolute Gasteiger partial charge is 0.363 e. The van der Waals surface area contributed by atoms with Crippen LogP contribution in [0, 0.1) is 16.0 Å². The molecule has 0 saturated heterocycles. The Balaban J connectivity index is 3.08. The first-order valence-electron chi connectivity index (χ1n) is 5.97. The van der Waals surface area contributed by atoms with Crippen LogP contribution in [0.25, 0.3) is 0 Å². The number of nitrogens with one attached hydrogen (secondary N) is 1. The lowest BCUT2D eigenvalue weighted by atomic mass is 9.90. The van der Waals surface area contributed by atoms with Crippen molar-refractivity contribution in [1.29, 1.82) is 0 Å². The third-order valence-corrected chi connectivity index (χ3v) is 4.88. The van der Waals surface area contributed by atoms with Gasteiger partial charge in [-0.1, -0.05) is 13.8 Å². The number of hydrogen-bond acceptors (Lipinski definition) is 6. The van der Waals surface area contributed by atoms with Gasteiger partial charge in [0.25, 0.3) is 0 Å². The van der Waals surface area contributed by atoms with E-state index in [9.17, 15) is 18.5 Å². The number of aromatic nitrogens is 1. The molecule has 1 atom stereocenters. The zero-order chi connectivity index (χ0) is 15.6. The minimum atomic E-state index is -3.83. The van der Waals surface area contributed by atoms with Crippen molar-refractivity contribution in [1.82, 2.24) is 9.71 Å². The monoisotopic (exact) mass is 302 g/mol. The van der Waals surface area contributed by atoms with Crippen LogP contribution in [0.2, 0.25) is 0 Å². The third kappa shape index (κ3) is 3.50. The van der Waals surface area contributed by atoms with Crippen molar-refractivity contribution >= 4 is 15.8 Å². The Hall–Kier alpha value is -1.58. The van der Waals surface area contributed by atoms with Crippen LogP contribution in [0.3, 0.4) is 0 Å². The summed E-state index contributed by atoms with van der Waals surface area (Å²) in [6.45, 7) is 5.53. The van der Waals surface area contributed by atoms with Gasteiger partial charge in [0.05, 0.1) is 0 Å². The van der Waals surface area contributed by atoms with Crippen molar-refractivity contribution < 1.29 is 13.3 Å². The molecule has 3 N–H and O–H groups in total. The Labute approximate surface area is 117 Å². The molecule has 1 aromatic rings. The molecule has 0 aromatic carbocycles. The second kappa shape index (κ2) is 5.81. The van der Waals surface area contributed by atoms with Crippen molar-refractivity contribution in [3.63, 3.8) is 0 Å². The number of hydrogen-bond donors (Lipinski definition) is 2. The Morgan fingerprint density at radius 1 is 1.50 bits per heavy atom. The minimum Gasteiger partial charge on any atom is -0.358 e. The molecule has 0 aliphatic rings. The van der Waals surface area contributed by atoms with Gasteiger partial charge in [-0.15, -0.1) is 0 Å². The lowest BCUT2D eigenvalue weighted by molar-refractivity contribution is -0.389. The standard InChI is InChI=1S/C11H18N4O4S/c1-8(2)11(3,7-12)14-20(18,19)9-4-5-10(13-6-9)15(16)17/h4-6,8,14H,7,12H2,1-3H3. The highest BCUT2D eigenvalue weighted by Crippen LogP contribution is 2.20. The smallest absolute Gasteiger partial charge is 0.358 e. The van der Waals surface area contributed by atoms with Crippen LogP contribution in [0.4, 0.5) is 5.82 Å². The molecule has 0 fully saturated rings. The van der Waals surface area contributed by atoms with Gasteiger partial charge in [-0.2, -0.15) is 0 Å². The van der Waals surface area contributed by atoms with Gasteiger partial charge in [0, 0.05) is 18.2 Å². The summed E-state index contributed by atoms with van der Waals surface area (Å²) >= 11 is 0. The van der Waals surface area contributed by atoms with Gasteiger partial charge in [-0.05, 0) is 28.8 Å². The first-order valence-corrected chi connectivity index (χ1v) is 7.45. The van der Waals surface area contributed by atoms with Gasteiger partial charge in [0.15, 0.2) is 6.20 Å². The summed E-state index contributed by atoms with van der Waals surface area (Å²) in [7, 11) is -3.83. The fourth-order valence-electron chi connectivity index (χ4n) is 1.40. The maximum absolute atomic E-state index is 12.2. The average Bonchev–Trinajstić information content (AvgIpc) is 2.38. The highest BCUT2D eigenvalue weighted by Gasteiger charge is 2.33. The fraction of sp³-hybridized carbons (Fsp3) is 0.545. The van der Waals surface area contributed by atoms with Crippen LogP contribution < -0.4 is 10.5 Å². The Kier molecular flexibility index (Phi) is 4.79. The van der Waals surface area contributed by atoms with Crippen LogP contribution in [-0.4, -0.2) is 30.4 Å². The molecule has 0 aliphatic carbocycles. The normalized spacial score (nSPS) is 15.1. The molecule has 0 spiro atoms. The number of sulfonamides is 1. The highest BCUT2D eigenvalue weighted by atomic mass is 32.2. The van der Waals surface area contributed by atoms with E-state index >= 15 is 0 Å². The van der Waals surface area contributed by atoms with E-state index in [1.165, 1.54) is 0 Å². The van der Waals surface area contributed by atoms with Crippen molar-refractivity contribution in [2.24, 2.45) is 11.7 Å². The second-order valence-corrected chi connectivity index (χ2v) is 6.67. The van der Waals surface area contributed by atoms with Crippen molar-refractivity contribution in [2.75, 3.05) is 6.54 Å². The molecule has 0 aliphatic heterocycles. The van der Waals surface area contributed by atoms with Gasteiger partial charge in [-0.25, -0.2) is 13.1 Å². The maximum Gasteiger partial charge on any atom is 0.363 e. The summed E-state index contributed by atoms with van der Waals surface area (Å²) < 4.78 is 27.0. The third-order valence-electron chi connectivity index (χ3n) is 3.28. The van der Waals surface area contributed by atoms with Crippen molar-refractivity contribution in [2.45, 2.75) is 31.2 Å². The molecule has 1 unspecified atom stereocenters. The molecular formula is C11H18N4O4S. The number of rotatable bonds is 6. The van der Waals surface area contributed by atoms with Gasteiger partial charge >= 0.3 is 5.82 Å². The molecule has 20 heavy (non-hydrogen) atoms. The topological polar surface area (TPSA) is 128 Å². The number of nitrogens with two attached hydrogens (primary N) is 1. The second-order valence-electron chi connectivity index (χ2n) is 4.99. The summed E-state index contributed by atoms with van der Waals surface area (Å²) in [5, 5.41) is 10.5. The zero-order valence-electron chi connectivity index (χ0n) is 11.5. The van der Waals surface area contributed by atoms with Crippen LogP contribution in [0.1, 0.15) is 20.8 Å². The van der Waals surface area contributed by atoms with E-state index < -0.39 is 26.3 Å². The van der Waals surface area contributed by atoms with E-state index in [0.717, 1.165) is 18.3 Å². The summed E-state index contributed by atoms with van der Waals surface area (Å²) in [6.07, 6.45) is 0.956. The molecule has 1 aromatic heterocycles. The van der Waals surface area contributed by atoms with Crippen LogP contribution in [-0.2, 0) is 10.0 Å². The van der Waals surface area contributed by atoms with Gasteiger partial charge in [0.2, 0.25) is 10.0 Å². The molecule has 8 nitrogen and oxygen atoms in total. The predicted molar refractivity (Wildman–Crippen MR) is 73.5 cm³/mol.